The molecule has 3 nitrogen and oxygen atoms in total. The van der Waals surface area contributed by atoms with Gasteiger partial charge in [-0.15, -0.1) is 0 Å². The molecule has 2 rings (SSSR count). The predicted octanol–water partition coefficient (Wildman–Crippen LogP) is 3.55. The first kappa shape index (κ1) is 11.9. The molecule has 0 amide bonds. The molecule has 0 N–H and O–H groups in total. The minimum atomic E-state index is 0.000258. The maximum atomic E-state index is 11.2. The van der Waals surface area contributed by atoms with Crippen LogP contribution < -0.4 is 4.74 Å². The monoisotopic (exact) mass is 237 g/mol. The van der Waals surface area contributed by atoms with E-state index in [1.54, 1.807) is 48.5 Å². The number of nitriles is 1. The van der Waals surface area contributed by atoms with Gasteiger partial charge in [0.1, 0.15) is 11.5 Å². The van der Waals surface area contributed by atoms with Crippen molar-refractivity contribution < 1.29 is 9.53 Å². The third-order valence-electron chi connectivity index (χ3n) is 2.46. The number of Topliss-reactive ketones (excluding diaryl/α,β-unsaturated/α-hetero) is 1. The third kappa shape index (κ3) is 2.74. The molecule has 0 radical (unpaired) electrons. The second-order valence-corrected chi connectivity index (χ2v) is 3.82. The summed E-state index contributed by atoms with van der Waals surface area (Å²) in [6.07, 6.45) is 0. The van der Waals surface area contributed by atoms with Crippen molar-refractivity contribution >= 4 is 5.78 Å². The molecule has 0 aromatic heterocycles. The van der Waals surface area contributed by atoms with Crippen LogP contribution in [0.25, 0.3) is 0 Å². The van der Waals surface area contributed by atoms with Crippen molar-refractivity contribution in [3.8, 4) is 17.6 Å². The number of hydrogen-bond acceptors (Lipinski definition) is 3. The normalized spacial score (nSPS) is 9.56. The summed E-state index contributed by atoms with van der Waals surface area (Å²) >= 11 is 0. The van der Waals surface area contributed by atoms with E-state index in [9.17, 15) is 4.79 Å². The molecule has 2 aromatic rings. The fourth-order valence-corrected chi connectivity index (χ4v) is 1.51. The Morgan fingerprint density at radius 3 is 2.44 bits per heavy atom. The molecule has 0 unspecified atom stereocenters. The van der Waals surface area contributed by atoms with Crippen LogP contribution in [-0.2, 0) is 0 Å². The fraction of sp³-hybridized carbons (Fsp3) is 0.0667. The van der Waals surface area contributed by atoms with E-state index in [4.69, 9.17) is 10.00 Å². The Hall–Kier alpha value is -2.60. The lowest BCUT2D eigenvalue weighted by atomic mass is 10.1. The molecule has 0 spiro atoms. The van der Waals surface area contributed by atoms with Crippen molar-refractivity contribution in [3.05, 3.63) is 59.7 Å². The summed E-state index contributed by atoms with van der Waals surface area (Å²) in [7, 11) is 0. The van der Waals surface area contributed by atoms with Crippen LogP contribution in [0, 0.1) is 11.3 Å². The first-order chi connectivity index (χ1) is 8.69. The molecule has 3 heteroatoms. The van der Waals surface area contributed by atoms with Crippen molar-refractivity contribution in [2.75, 3.05) is 0 Å². The zero-order valence-corrected chi connectivity index (χ0v) is 9.88. The van der Waals surface area contributed by atoms with Crippen molar-refractivity contribution in [1.29, 1.82) is 5.26 Å². The van der Waals surface area contributed by atoms with Gasteiger partial charge in [0.2, 0.25) is 0 Å². The SMILES string of the molecule is CC(=O)c1cccc(Oc2ccc(C#N)cc2)c1. The molecule has 88 valence electrons. The number of ether oxygens (including phenoxy) is 1. The lowest BCUT2D eigenvalue weighted by Crippen LogP contribution is -1.92. The highest BCUT2D eigenvalue weighted by Gasteiger charge is 2.02. The number of carbonyl (C=O) groups excluding carboxylic acids is 1. The van der Waals surface area contributed by atoms with Gasteiger partial charge in [-0.3, -0.25) is 4.79 Å². The largest absolute Gasteiger partial charge is 0.457 e. The van der Waals surface area contributed by atoms with Crippen LogP contribution in [0.3, 0.4) is 0 Å². The van der Waals surface area contributed by atoms with Gasteiger partial charge in [-0.1, -0.05) is 12.1 Å². The lowest BCUT2D eigenvalue weighted by Gasteiger charge is -2.06. The number of carbonyl (C=O) groups is 1. The Labute approximate surface area is 105 Å². The highest BCUT2D eigenvalue weighted by Crippen LogP contribution is 2.22. The first-order valence-corrected chi connectivity index (χ1v) is 5.48. The Morgan fingerprint density at radius 1 is 1.11 bits per heavy atom. The summed E-state index contributed by atoms with van der Waals surface area (Å²) in [5.74, 6) is 1.24. The topological polar surface area (TPSA) is 50.1 Å². The zero-order valence-electron chi connectivity index (χ0n) is 9.88. The molecule has 0 bridgehead atoms. The number of ketones is 1. The molecule has 0 atom stereocenters. The van der Waals surface area contributed by atoms with Crippen molar-refractivity contribution in [3.63, 3.8) is 0 Å². The van der Waals surface area contributed by atoms with Gasteiger partial charge in [-0.05, 0) is 43.3 Å². The van der Waals surface area contributed by atoms with E-state index in [0.717, 1.165) is 0 Å². The van der Waals surface area contributed by atoms with Crippen LogP contribution in [-0.4, -0.2) is 5.78 Å². The number of nitrogens with zero attached hydrogens (tertiary/aromatic N) is 1. The second-order valence-electron chi connectivity index (χ2n) is 3.82. The maximum absolute atomic E-state index is 11.2. The molecular formula is C15H11NO2. The van der Waals surface area contributed by atoms with E-state index >= 15 is 0 Å². The zero-order chi connectivity index (χ0) is 13.0. The lowest BCUT2D eigenvalue weighted by molar-refractivity contribution is 0.101. The molecule has 0 aliphatic heterocycles. The maximum Gasteiger partial charge on any atom is 0.159 e. The number of hydrogen-bond donors (Lipinski definition) is 0. The number of benzene rings is 2. The molecule has 0 saturated heterocycles. The average molecular weight is 237 g/mol. The smallest absolute Gasteiger partial charge is 0.159 e. The molecule has 0 fully saturated rings. The van der Waals surface area contributed by atoms with Crippen LogP contribution >= 0.6 is 0 Å². The van der Waals surface area contributed by atoms with Gasteiger partial charge in [-0.25, -0.2) is 0 Å². The summed E-state index contributed by atoms with van der Waals surface area (Å²) in [6, 6.07) is 15.8. The molecule has 18 heavy (non-hydrogen) atoms. The summed E-state index contributed by atoms with van der Waals surface area (Å²) < 4.78 is 5.61. The van der Waals surface area contributed by atoms with Gasteiger partial charge in [-0.2, -0.15) is 5.26 Å². The van der Waals surface area contributed by atoms with Gasteiger partial charge in [0.25, 0.3) is 0 Å². The van der Waals surface area contributed by atoms with E-state index in [0.29, 0.717) is 22.6 Å². The minimum Gasteiger partial charge on any atom is -0.457 e. The van der Waals surface area contributed by atoms with Crippen LogP contribution in [0.1, 0.15) is 22.8 Å². The van der Waals surface area contributed by atoms with Gasteiger partial charge >= 0.3 is 0 Å². The molecule has 2 aromatic carbocycles. The molecular weight excluding hydrogens is 226 g/mol. The van der Waals surface area contributed by atoms with Crippen LogP contribution in [0.15, 0.2) is 48.5 Å². The van der Waals surface area contributed by atoms with Crippen LogP contribution in [0.2, 0.25) is 0 Å². The van der Waals surface area contributed by atoms with Gasteiger partial charge in [0, 0.05) is 5.56 Å². The Morgan fingerprint density at radius 2 is 1.83 bits per heavy atom. The molecule has 0 aliphatic carbocycles. The Balaban J connectivity index is 2.20. The minimum absolute atomic E-state index is 0.000258. The van der Waals surface area contributed by atoms with E-state index in [-0.39, 0.29) is 5.78 Å². The number of rotatable bonds is 3. The van der Waals surface area contributed by atoms with E-state index in [2.05, 4.69) is 0 Å². The highest BCUT2D eigenvalue weighted by molar-refractivity contribution is 5.94. The first-order valence-electron chi connectivity index (χ1n) is 5.48. The highest BCUT2D eigenvalue weighted by atomic mass is 16.5. The Bertz CT molecular complexity index is 609. The quantitative estimate of drug-likeness (QED) is 0.767. The standard InChI is InChI=1S/C15H11NO2/c1-11(17)13-3-2-4-15(9-13)18-14-7-5-12(10-16)6-8-14/h2-9H,1H3. The Kier molecular flexibility index (Phi) is 3.40. The summed E-state index contributed by atoms with van der Waals surface area (Å²) in [5, 5.41) is 8.69. The average Bonchev–Trinajstić information content (AvgIpc) is 2.40. The third-order valence-corrected chi connectivity index (χ3v) is 2.46. The summed E-state index contributed by atoms with van der Waals surface area (Å²) in [5.41, 5.74) is 1.20. The van der Waals surface area contributed by atoms with Crippen LogP contribution in [0.4, 0.5) is 0 Å². The van der Waals surface area contributed by atoms with E-state index < -0.39 is 0 Å². The van der Waals surface area contributed by atoms with Gasteiger partial charge in [0.05, 0.1) is 11.6 Å². The predicted molar refractivity (Wildman–Crippen MR) is 67.7 cm³/mol. The molecule has 0 saturated carbocycles. The summed E-state index contributed by atoms with van der Waals surface area (Å²) in [4.78, 5) is 11.2. The van der Waals surface area contributed by atoms with Crippen molar-refractivity contribution in [2.45, 2.75) is 6.92 Å². The van der Waals surface area contributed by atoms with Gasteiger partial charge < -0.3 is 4.74 Å². The molecule has 0 heterocycles. The van der Waals surface area contributed by atoms with Crippen LogP contribution in [0.5, 0.6) is 11.5 Å². The van der Waals surface area contributed by atoms with Crippen molar-refractivity contribution in [2.24, 2.45) is 0 Å². The van der Waals surface area contributed by atoms with E-state index in [1.165, 1.54) is 6.92 Å². The molecule has 0 aliphatic rings. The fourth-order valence-electron chi connectivity index (χ4n) is 1.51. The summed E-state index contributed by atoms with van der Waals surface area (Å²) in [6.45, 7) is 1.51. The van der Waals surface area contributed by atoms with E-state index in [1.807, 2.05) is 6.07 Å². The van der Waals surface area contributed by atoms with Crippen molar-refractivity contribution in [1.82, 2.24) is 0 Å². The second kappa shape index (κ2) is 5.15. The van der Waals surface area contributed by atoms with Gasteiger partial charge in [0.15, 0.2) is 5.78 Å².